The van der Waals surface area contributed by atoms with Gasteiger partial charge < -0.3 is 20.3 Å². The zero-order chi connectivity index (χ0) is 25.8. The van der Waals surface area contributed by atoms with E-state index in [2.05, 4.69) is 38.4 Å². The summed E-state index contributed by atoms with van der Waals surface area (Å²) in [4.78, 5) is 19.7. The molecule has 1 amide bonds. The van der Waals surface area contributed by atoms with Gasteiger partial charge in [0.25, 0.3) is 5.91 Å². The maximum absolute atomic E-state index is 12.8. The maximum atomic E-state index is 12.8. The highest BCUT2D eigenvalue weighted by Crippen LogP contribution is 2.35. The quantitative estimate of drug-likeness (QED) is 0.464. The van der Waals surface area contributed by atoms with Crippen LogP contribution in [0, 0.1) is 18.8 Å². The lowest BCUT2D eigenvalue weighted by atomic mass is 9.85. The van der Waals surface area contributed by atoms with Crippen LogP contribution in [0.1, 0.15) is 60.7 Å². The number of piperidine rings is 1. The Hall–Kier alpha value is -2.97. The van der Waals surface area contributed by atoms with Gasteiger partial charge in [-0.2, -0.15) is 5.10 Å². The van der Waals surface area contributed by atoms with E-state index in [4.69, 9.17) is 9.84 Å². The summed E-state index contributed by atoms with van der Waals surface area (Å²) in [5.74, 6) is 1.96. The molecule has 1 saturated carbocycles. The summed E-state index contributed by atoms with van der Waals surface area (Å²) < 4.78 is 7.71. The Bertz CT molecular complexity index is 1210. The van der Waals surface area contributed by atoms with E-state index < -0.39 is 0 Å². The summed E-state index contributed by atoms with van der Waals surface area (Å²) in [6, 6.07) is 9.70. The van der Waals surface area contributed by atoms with Crippen LogP contribution in [0.25, 0.3) is 10.9 Å². The zero-order valence-electron chi connectivity index (χ0n) is 22.4. The molecule has 0 bridgehead atoms. The molecule has 3 heterocycles. The first-order valence-corrected chi connectivity index (χ1v) is 13.7. The number of fused-ring (bicyclic) bond motifs is 1. The number of anilines is 1. The first kappa shape index (κ1) is 25.7. The first-order chi connectivity index (χ1) is 18.0. The van der Waals surface area contributed by atoms with Crippen molar-refractivity contribution in [3.05, 3.63) is 47.9 Å². The van der Waals surface area contributed by atoms with E-state index in [0.29, 0.717) is 23.2 Å². The number of rotatable bonds is 8. The predicted molar refractivity (Wildman–Crippen MR) is 147 cm³/mol. The Kier molecular flexibility index (Phi) is 8.05. The number of pyridine rings is 1. The Morgan fingerprint density at radius 3 is 2.54 bits per heavy atom. The number of hydrogen-bond donors (Lipinski definition) is 2. The molecule has 0 atom stereocenters. The summed E-state index contributed by atoms with van der Waals surface area (Å²) in [6.07, 6.45) is 9.52. The average molecular weight is 505 g/mol. The van der Waals surface area contributed by atoms with Gasteiger partial charge in [0.05, 0.1) is 24.4 Å². The second kappa shape index (κ2) is 11.6. The minimum Gasteiger partial charge on any atom is -0.494 e. The highest BCUT2D eigenvalue weighted by atomic mass is 16.5. The first-order valence-electron chi connectivity index (χ1n) is 13.7. The van der Waals surface area contributed by atoms with E-state index in [9.17, 15) is 4.79 Å². The smallest absolute Gasteiger partial charge is 0.274 e. The van der Waals surface area contributed by atoms with Crippen molar-refractivity contribution >= 4 is 22.5 Å². The monoisotopic (exact) mass is 504 g/mol. The van der Waals surface area contributed by atoms with Crippen LogP contribution in [0.4, 0.5) is 5.69 Å². The van der Waals surface area contributed by atoms with Crippen LogP contribution in [-0.4, -0.2) is 65.9 Å². The third kappa shape index (κ3) is 6.30. The van der Waals surface area contributed by atoms with Gasteiger partial charge in [-0.3, -0.25) is 9.48 Å². The Labute approximate surface area is 219 Å². The van der Waals surface area contributed by atoms with Gasteiger partial charge in [-0.05, 0) is 95.6 Å². The fraction of sp³-hybridized carbons (Fsp3) is 0.552. The van der Waals surface area contributed by atoms with Crippen molar-refractivity contribution in [2.75, 3.05) is 45.7 Å². The number of aromatic nitrogens is 3. The van der Waals surface area contributed by atoms with Gasteiger partial charge >= 0.3 is 0 Å². The molecule has 5 rings (SSSR count). The SMILES string of the molecule is COc1cc2nn([C@H]3CC[C@H](CN(C)CC4CCNCC4)CC3)cc2cc1NC(=O)c1cccc(C)n1. The number of nitrogens with zero attached hydrogens (tertiary/aromatic N) is 4. The summed E-state index contributed by atoms with van der Waals surface area (Å²) >= 11 is 0. The molecule has 3 aromatic rings. The number of benzene rings is 1. The molecule has 0 spiro atoms. The van der Waals surface area contributed by atoms with E-state index in [1.807, 2.05) is 31.2 Å². The van der Waals surface area contributed by atoms with Crippen molar-refractivity contribution < 1.29 is 9.53 Å². The minimum absolute atomic E-state index is 0.253. The third-order valence-electron chi connectivity index (χ3n) is 8.00. The third-order valence-corrected chi connectivity index (χ3v) is 8.00. The number of nitrogens with one attached hydrogen (secondary N) is 2. The molecule has 1 aromatic carbocycles. The molecule has 0 unspecified atom stereocenters. The number of hydrogen-bond acceptors (Lipinski definition) is 6. The summed E-state index contributed by atoms with van der Waals surface area (Å²) in [5.41, 5.74) is 2.70. The van der Waals surface area contributed by atoms with E-state index in [1.165, 1.54) is 51.9 Å². The Morgan fingerprint density at radius 1 is 1.11 bits per heavy atom. The van der Waals surface area contributed by atoms with E-state index >= 15 is 0 Å². The largest absolute Gasteiger partial charge is 0.494 e. The standard InChI is InChI=1S/C29H40N6O2/c1-20-5-4-6-25(31-20)29(36)32-27-15-23-19-35(33-26(23)16-28(27)37-3)24-9-7-21(8-10-24)17-34(2)18-22-11-13-30-14-12-22/h4-6,15-16,19,21-22,24,30H,7-14,17-18H2,1-3H3,(H,32,36)/t21-,24-. The molecule has 8 heteroatoms. The molecular weight excluding hydrogens is 464 g/mol. The molecule has 1 aliphatic carbocycles. The van der Waals surface area contributed by atoms with Gasteiger partial charge in [-0.1, -0.05) is 6.07 Å². The average Bonchev–Trinajstić information content (AvgIpc) is 3.32. The maximum Gasteiger partial charge on any atom is 0.274 e. The van der Waals surface area contributed by atoms with Crippen LogP contribution in [0.15, 0.2) is 36.5 Å². The predicted octanol–water partition coefficient (Wildman–Crippen LogP) is 4.66. The molecule has 1 aliphatic heterocycles. The number of carbonyl (C=O) groups excluding carboxylic acids is 1. The number of ether oxygens (including phenoxy) is 1. The molecule has 1 saturated heterocycles. The van der Waals surface area contributed by atoms with Crippen molar-refractivity contribution in [1.29, 1.82) is 0 Å². The molecule has 0 radical (unpaired) electrons. The van der Waals surface area contributed by atoms with E-state index in [0.717, 1.165) is 41.3 Å². The van der Waals surface area contributed by atoms with E-state index in [1.54, 1.807) is 13.2 Å². The van der Waals surface area contributed by atoms with Crippen molar-refractivity contribution in [2.45, 2.75) is 51.5 Å². The molecule has 8 nitrogen and oxygen atoms in total. The summed E-state index contributed by atoms with van der Waals surface area (Å²) in [6.45, 7) is 6.65. The molecule has 2 N–H and O–H groups in total. The van der Waals surface area contributed by atoms with Gasteiger partial charge in [-0.15, -0.1) is 0 Å². The highest BCUT2D eigenvalue weighted by Gasteiger charge is 2.25. The van der Waals surface area contributed by atoms with Crippen molar-refractivity contribution in [2.24, 2.45) is 11.8 Å². The van der Waals surface area contributed by atoms with Gasteiger partial charge in [0.1, 0.15) is 11.4 Å². The fourth-order valence-electron chi connectivity index (χ4n) is 5.99. The minimum atomic E-state index is -0.253. The van der Waals surface area contributed by atoms with Crippen LogP contribution >= 0.6 is 0 Å². The van der Waals surface area contributed by atoms with Gasteiger partial charge in [-0.25, -0.2) is 4.98 Å². The number of carbonyl (C=O) groups is 1. The lowest BCUT2D eigenvalue weighted by Crippen LogP contribution is -2.37. The molecule has 2 aliphatic rings. The summed E-state index contributed by atoms with van der Waals surface area (Å²) in [5, 5.41) is 12.3. The number of amides is 1. The number of aryl methyl sites for hydroxylation is 1. The molecule has 2 fully saturated rings. The fourth-order valence-corrected chi connectivity index (χ4v) is 5.99. The lowest BCUT2D eigenvalue weighted by Gasteiger charge is -2.33. The zero-order valence-corrected chi connectivity index (χ0v) is 22.4. The van der Waals surface area contributed by atoms with Crippen LogP contribution in [-0.2, 0) is 0 Å². The van der Waals surface area contributed by atoms with Crippen LogP contribution < -0.4 is 15.4 Å². The highest BCUT2D eigenvalue weighted by molar-refractivity contribution is 6.05. The lowest BCUT2D eigenvalue weighted by molar-refractivity contribution is 0.102. The van der Waals surface area contributed by atoms with Crippen molar-refractivity contribution in [3.63, 3.8) is 0 Å². The Balaban J connectivity index is 1.21. The van der Waals surface area contributed by atoms with Crippen LogP contribution in [0.5, 0.6) is 5.75 Å². The molecule has 37 heavy (non-hydrogen) atoms. The normalized spacial score (nSPS) is 20.9. The van der Waals surface area contributed by atoms with Crippen molar-refractivity contribution in [3.8, 4) is 5.75 Å². The molecule has 2 aromatic heterocycles. The second-order valence-corrected chi connectivity index (χ2v) is 10.9. The van der Waals surface area contributed by atoms with E-state index in [-0.39, 0.29) is 5.91 Å². The Morgan fingerprint density at radius 2 is 1.84 bits per heavy atom. The number of methoxy groups -OCH3 is 1. The molecule has 198 valence electrons. The van der Waals surface area contributed by atoms with Gasteiger partial charge in [0.15, 0.2) is 0 Å². The van der Waals surface area contributed by atoms with Gasteiger partial charge in [0.2, 0.25) is 0 Å². The van der Waals surface area contributed by atoms with Gasteiger partial charge in [0, 0.05) is 36.4 Å². The second-order valence-electron chi connectivity index (χ2n) is 10.9. The van der Waals surface area contributed by atoms with Crippen LogP contribution in [0.2, 0.25) is 0 Å². The topological polar surface area (TPSA) is 84.3 Å². The van der Waals surface area contributed by atoms with Crippen LogP contribution in [0.3, 0.4) is 0 Å². The molecular formula is C29H40N6O2. The van der Waals surface area contributed by atoms with Crippen molar-refractivity contribution in [1.82, 2.24) is 25.0 Å². The summed E-state index contributed by atoms with van der Waals surface area (Å²) in [7, 11) is 3.91.